The van der Waals surface area contributed by atoms with Crippen molar-refractivity contribution in [1.82, 2.24) is 9.36 Å². The van der Waals surface area contributed by atoms with Crippen LogP contribution in [0.1, 0.15) is 30.5 Å². The van der Waals surface area contributed by atoms with Crippen LogP contribution < -0.4 is 5.56 Å². The molecule has 0 bridgehead atoms. The Kier molecular flexibility index (Phi) is 4.21. The first-order chi connectivity index (χ1) is 10.7. The highest BCUT2D eigenvalue weighted by Gasteiger charge is 2.19. The second-order valence-corrected chi connectivity index (χ2v) is 5.91. The quantitative estimate of drug-likeness (QED) is 0.874. The second-order valence-electron chi connectivity index (χ2n) is 5.91. The minimum absolute atomic E-state index is 0.110. The third kappa shape index (κ3) is 2.52. The van der Waals surface area contributed by atoms with E-state index >= 15 is 0 Å². The van der Waals surface area contributed by atoms with Gasteiger partial charge in [0, 0.05) is 6.20 Å². The fourth-order valence-corrected chi connectivity index (χ4v) is 3.37. The molecule has 1 aromatic carbocycles. The minimum Gasteiger partial charge on any atom is -0.378 e. The Hall–Kier alpha value is -1.81. The summed E-state index contributed by atoms with van der Waals surface area (Å²) in [5, 5.41) is 0. The maximum Gasteiger partial charge on any atom is 0.274 e. The maximum atomic E-state index is 12.9. The second kappa shape index (κ2) is 6.13. The zero-order valence-electron chi connectivity index (χ0n) is 13.7. The van der Waals surface area contributed by atoms with Gasteiger partial charge in [-0.25, -0.2) is 4.68 Å². The molecule has 118 valence electrons. The van der Waals surface area contributed by atoms with Crippen LogP contribution in [-0.2, 0) is 30.7 Å². The molecule has 0 saturated carbocycles. The van der Waals surface area contributed by atoms with Crippen molar-refractivity contribution in [2.75, 3.05) is 13.2 Å². The average molecular weight is 300 g/mol. The molecular formula is C18H24N2O2. The van der Waals surface area contributed by atoms with E-state index in [2.05, 4.69) is 32.9 Å². The number of rotatable bonds is 3. The smallest absolute Gasteiger partial charge is 0.274 e. The highest BCUT2D eigenvalue weighted by molar-refractivity contribution is 5.71. The SMILES string of the molecule is CCc1cc(C)cc(CC)c1-c1cn2n(c1=O)CCOCC2. The number of ether oxygens (including phenoxy) is 1. The normalized spacial score (nSPS) is 14.7. The molecule has 2 heterocycles. The Labute approximate surface area is 131 Å². The van der Waals surface area contributed by atoms with E-state index in [0.29, 0.717) is 19.8 Å². The van der Waals surface area contributed by atoms with Gasteiger partial charge in [-0.3, -0.25) is 9.48 Å². The molecule has 0 saturated heterocycles. The summed E-state index contributed by atoms with van der Waals surface area (Å²) in [6, 6.07) is 4.43. The van der Waals surface area contributed by atoms with Gasteiger partial charge in [-0.2, -0.15) is 0 Å². The summed E-state index contributed by atoms with van der Waals surface area (Å²) >= 11 is 0. The number of fused-ring (bicyclic) bond motifs is 1. The Morgan fingerprint density at radius 1 is 1.09 bits per heavy atom. The van der Waals surface area contributed by atoms with Crippen LogP contribution in [0.2, 0.25) is 0 Å². The highest BCUT2D eigenvalue weighted by Crippen LogP contribution is 2.28. The van der Waals surface area contributed by atoms with Gasteiger partial charge in [-0.15, -0.1) is 0 Å². The average Bonchev–Trinajstić information content (AvgIpc) is 2.70. The fraction of sp³-hybridized carbons (Fsp3) is 0.500. The van der Waals surface area contributed by atoms with Crippen LogP contribution in [-0.4, -0.2) is 22.6 Å². The molecule has 1 aromatic heterocycles. The lowest BCUT2D eigenvalue weighted by Gasteiger charge is -2.13. The monoisotopic (exact) mass is 300 g/mol. The lowest BCUT2D eigenvalue weighted by atomic mass is 9.91. The van der Waals surface area contributed by atoms with Crippen molar-refractivity contribution < 1.29 is 4.74 Å². The van der Waals surface area contributed by atoms with E-state index in [0.717, 1.165) is 30.5 Å². The van der Waals surface area contributed by atoms with Crippen molar-refractivity contribution in [3.63, 3.8) is 0 Å². The highest BCUT2D eigenvalue weighted by atomic mass is 16.5. The van der Waals surface area contributed by atoms with Gasteiger partial charge in [-0.1, -0.05) is 31.5 Å². The minimum atomic E-state index is 0.110. The molecule has 0 fully saturated rings. The fourth-order valence-electron chi connectivity index (χ4n) is 3.37. The molecule has 0 atom stereocenters. The lowest BCUT2D eigenvalue weighted by Crippen LogP contribution is -2.23. The van der Waals surface area contributed by atoms with Gasteiger partial charge in [0.05, 0.1) is 31.9 Å². The molecule has 3 rings (SSSR count). The summed E-state index contributed by atoms with van der Waals surface area (Å²) < 4.78 is 9.30. The summed E-state index contributed by atoms with van der Waals surface area (Å²) in [5.74, 6) is 0. The lowest BCUT2D eigenvalue weighted by molar-refractivity contribution is 0.137. The van der Waals surface area contributed by atoms with E-state index in [1.165, 1.54) is 16.7 Å². The van der Waals surface area contributed by atoms with Crippen molar-refractivity contribution in [1.29, 1.82) is 0 Å². The van der Waals surface area contributed by atoms with E-state index < -0.39 is 0 Å². The van der Waals surface area contributed by atoms with Gasteiger partial charge in [0.2, 0.25) is 0 Å². The molecule has 2 aromatic rings. The first-order valence-electron chi connectivity index (χ1n) is 8.16. The Balaban J connectivity index is 2.22. The van der Waals surface area contributed by atoms with Crippen molar-refractivity contribution in [2.45, 2.75) is 46.7 Å². The number of nitrogens with zero attached hydrogens (tertiary/aromatic N) is 2. The third-order valence-electron chi connectivity index (χ3n) is 4.44. The van der Waals surface area contributed by atoms with E-state index in [-0.39, 0.29) is 5.56 Å². The van der Waals surface area contributed by atoms with E-state index in [1.54, 1.807) is 0 Å². The van der Waals surface area contributed by atoms with Crippen LogP contribution in [0.4, 0.5) is 0 Å². The van der Waals surface area contributed by atoms with E-state index in [4.69, 9.17) is 4.74 Å². The zero-order valence-corrected chi connectivity index (χ0v) is 13.7. The van der Waals surface area contributed by atoms with Crippen LogP contribution in [0.5, 0.6) is 0 Å². The molecule has 4 nitrogen and oxygen atoms in total. The molecule has 0 N–H and O–H groups in total. The topological polar surface area (TPSA) is 36.2 Å². The third-order valence-corrected chi connectivity index (χ3v) is 4.44. The number of aryl methyl sites for hydroxylation is 3. The largest absolute Gasteiger partial charge is 0.378 e. The predicted octanol–water partition coefficient (Wildman–Crippen LogP) is 2.78. The predicted molar refractivity (Wildman–Crippen MR) is 88.4 cm³/mol. The van der Waals surface area contributed by atoms with Crippen LogP contribution in [0.25, 0.3) is 11.1 Å². The maximum absolute atomic E-state index is 12.9. The zero-order chi connectivity index (χ0) is 15.7. The Bertz CT molecular complexity index is 715. The van der Waals surface area contributed by atoms with Crippen LogP contribution in [0, 0.1) is 6.92 Å². The van der Waals surface area contributed by atoms with Crippen LogP contribution >= 0.6 is 0 Å². The van der Waals surface area contributed by atoms with Gasteiger partial charge in [-0.05, 0) is 36.5 Å². The summed E-state index contributed by atoms with van der Waals surface area (Å²) in [7, 11) is 0. The van der Waals surface area contributed by atoms with Gasteiger partial charge in [0.25, 0.3) is 5.56 Å². The van der Waals surface area contributed by atoms with Crippen molar-refractivity contribution in [3.05, 3.63) is 45.4 Å². The molecule has 0 aliphatic carbocycles. The molecule has 1 aliphatic heterocycles. The van der Waals surface area contributed by atoms with Gasteiger partial charge >= 0.3 is 0 Å². The number of benzene rings is 1. The molecule has 1 aliphatic rings. The van der Waals surface area contributed by atoms with Crippen molar-refractivity contribution in [3.8, 4) is 11.1 Å². The molecule has 0 amide bonds. The first-order valence-corrected chi connectivity index (χ1v) is 8.16. The summed E-state index contributed by atoms with van der Waals surface area (Å²) in [6.07, 6.45) is 3.90. The summed E-state index contributed by atoms with van der Waals surface area (Å²) in [5.41, 5.74) is 5.91. The van der Waals surface area contributed by atoms with Gasteiger partial charge in [0.1, 0.15) is 0 Å². The Morgan fingerprint density at radius 2 is 1.73 bits per heavy atom. The van der Waals surface area contributed by atoms with Gasteiger partial charge < -0.3 is 4.74 Å². The molecule has 4 heteroatoms. The first kappa shape index (κ1) is 15.1. The van der Waals surface area contributed by atoms with Crippen LogP contribution in [0.3, 0.4) is 0 Å². The molecule has 0 spiro atoms. The van der Waals surface area contributed by atoms with Crippen molar-refractivity contribution >= 4 is 0 Å². The molecule has 0 unspecified atom stereocenters. The van der Waals surface area contributed by atoms with Crippen LogP contribution in [0.15, 0.2) is 23.1 Å². The summed E-state index contributed by atoms with van der Waals surface area (Å²) in [6.45, 7) is 9.09. The number of hydrogen-bond acceptors (Lipinski definition) is 2. The van der Waals surface area contributed by atoms with Gasteiger partial charge in [0.15, 0.2) is 0 Å². The standard InChI is InChI=1S/C18H24N2O2/c1-4-14-10-13(3)11-15(5-2)17(14)16-12-19-6-8-22-9-7-20(19)18(16)21/h10-12H,4-9H2,1-3H3. The Morgan fingerprint density at radius 3 is 2.36 bits per heavy atom. The number of aromatic nitrogens is 2. The van der Waals surface area contributed by atoms with E-state index in [1.807, 2.05) is 15.6 Å². The number of hydrogen-bond donors (Lipinski definition) is 0. The summed E-state index contributed by atoms with van der Waals surface area (Å²) in [4.78, 5) is 12.9. The molecule has 0 radical (unpaired) electrons. The van der Waals surface area contributed by atoms with E-state index in [9.17, 15) is 4.79 Å². The van der Waals surface area contributed by atoms with Crippen molar-refractivity contribution in [2.24, 2.45) is 0 Å². The molecular weight excluding hydrogens is 276 g/mol. The molecule has 22 heavy (non-hydrogen) atoms.